The summed E-state index contributed by atoms with van der Waals surface area (Å²) in [5.41, 5.74) is 2.89. The van der Waals surface area contributed by atoms with Gasteiger partial charge in [0.1, 0.15) is 12.4 Å². The summed E-state index contributed by atoms with van der Waals surface area (Å²) in [6.07, 6.45) is 1.79. The number of aromatic nitrogens is 1. The molecular weight excluding hydrogens is 380 g/mol. The van der Waals surface area contributed by atoms with Gasteiger partial charge in [-0.2, -0.15) is 0 Å². The van der Waals surface area contributed by atoms with Crippen molar-refractivity contribution in [2.45, 2.75) is 25.4 Å². The molecule has 1 aromatic heterocycles. The fourth-order valence-corrected chi connectivity index (χ4v) is 3.20. The first kappa shape index (κ1) is 16.1. The van der Waals surface area contributed by atoms with Crippen LogP contribution in [0.25, 0.3) is 10.9 Å². The van der Waals surface area contributed by atoms with Crippen molar-refractivity contribution in [2.24, 2.45) is 0 Å². The molecule has 1 heterocycles. The summed E-state index contributed by atoms with van der Waals surface area (Å²) >= 11 is 3.49. The number of pyridine rings is 1. The normalized spacial score (nSPS) is 13.6. The first-order chi connectivity index (χ1) is 12.2. The highest BCUT2D eigenvalue weighted by Crippen LogP contribution is 2.44. The van der Waals surface area contributed by atoms with Crippen LogP contribution in [0.3, 0.4) is 0 Å². The number of anilines is 1. The van der Waals surface area contributed by atoms with E-state index in [0.29, 0.717) is 11.7 Å². The van der Waals surface area contributed by atoms with Gasteiger partial charge in [-0.3, -0.25) is 5.32 Å². The number of benzene rings is 2. The second-order valence-corrected chi connectivity index (χ2v) is 7.14. The fourth-order valence-electron chi connectivity index (χ4n) is 2.83. The van der Waals surface area contributed by atoms with Gasteiger partial charge in [0.05, 0.1) is 5.52 Å². The van der Waals surface area contributed by atoms with Crippen LogP contribution in [0, 0.1) is 0 Å². The maximum absolute atomic E-state index is 12.2. The second kappa shape index (κ2) is 6.84. The minimum absolute atomic E-state index is 0.242. The van der Waals surface area contributed by atoms with Crippen LogP contribution in [0.5, 0.6) is 0 Å². The van der Waals surface area contributed by atoms with Gasteiger partial charge in [-0.1, -0.05) is 46.3 Å². The Balaban J connectivity index is 1.54. The molecule has 25 heavy (non-hydrogen) atoms. The molecule has 4 rings (SSSR count). The van der Waals surface area contributed by atoms with Crippen LogP contribution in [-0.4, -0.2) is 11.1 Å². The highest BCUT2D eigenvalue weighted by molar-refractivity contribution is 9.10. The number of carbonyl (C=O) groups excluding carboxylic acids is 1. The molecule has 1 aliphatic rings. The van der Waals surface area contributed by atoms with Crippen molar-refractivity contribution < 1.29 is 9.53 Å². The molecule has 0 atom stereocenters. The average Bonchev–Trinajstić information content (AvgIpc) is 3.45. The fraction of sp³-hybridized carbons (Fsp3) is 0.200. The zero-order valence-electron chi connectivity index (χ0n) is 13.5. The lowest BCUT2D eigenvalue weighted by Gasteiger charge is -2.12. The maximum atomic E-state index is 12.2. The van der Waals surface area contributed by atoms with Gasteiger partial charge in [0, 0.05) is 9.86 Å². The Labute approximate surface area is 154 Å². The van der Waals surface area contributed by atoms with Gasteiger partial charge in [0.15, 0.2) is 0 Å². The van der Waals surface area contributed by atoms with Crippen molar-refractivity contribution in [1.29, 1.82) is 0 Å². The monoisotopic (exact) mass is 396 g/mol. The third kappa shape index (κ3) is 3.82. The van der Waals surface area contributed by atoms with Crippen molar-refractivity contribution in [3.05, 3.63) is 70.2 Å². The summed E-state index contributed by atoms with van der Waals surface area (Å²) in [5, 5.41) is 3.89. The molecule has 126 valence electrons. The molecule has 3 aromatic rings. The molecule has 1 amide bonds. The van der Waals surface area contributed by atoms with E-state index in [1.54, 1.807) is 0 Å². The quantitative estimate of drug-likeness (QED) is 0.621. The van der Waals surface area contributed by atoms with Crippen molar-refractivity contribution in [1.82, 2.24) is 4.98 Å². The van der Waals surface area contributed by atoms with Crippen LogP contribution in [0.1, 0.15) is 29.9 Å². The van der Waals surface area contributed by atoms with Crippen LogP contribution < -0.4 is 5.32 Å². The first-order valence-corrected chi connectivity index (χ1v) is 9.06. The number of nitrogens with one attached hydrogen (secondary N) is 1. The number of rotatable bonds is 4. The summed E-state index contributed by atoms with van der Waals surface area (Å²) in [6, 6.07) is 17.7. The number of hydrogen-bond acceptors (Lipinski definition) is 3. The predicted octanol–water partition coefficient (Wildman–Crippen LogP) is 5.62. The molecule has 1 N–H and O–H groups in total. The van der Waals surface area contributed by atoms with Crippen LogP contribution in [0.4, 0.5) is 10.6 Å². The van der Waals surface area contributed by atoms with Gasteiger partial charge in [-0.25, -0.2) is 9.78 Å². The Morgan fingerprint density at radius 3 is 2.72 bits per heavy atom. The minimum Gasteiger partial charge on any atom is -0.444 e. The third-order valence-corrected chi connectivity index (χ3v) is 4.75. The Kier molecular flexibility index (Phi) is 4.40. The van der Waals surface area contributed by atoms with E-state index in [9.17, 15) is 4.79 Å². The SMILES string of the molecule is O=C(Nc1nc2ccc(Br)cc2cc1C1CC1)OCc1ccccc1. The van der Waals surface area contributed by atoms with Gasteiger partial charge in [0.2, 0.25) is 0 Å². The van der Waals surface area contributed by atoms with E-state index < -0.39 is 6.09 Å². The predicted molar refractivity (Wildman–Crippen MR) is 102 cm³/mol. The van der Waals surface area contributed by atoms with E-state index in [1.807, 2.05) is 48.5 Å². The van der Waals surface area contributed by atoms with Gasteiger partial charge in [-0.05, 0) is 54.2 Å². The molecule has 0 unspecified atom stereocenters. The lowest BCUT2D eigenvalue weighted by atomic mass is 10.1. The molecule has 0 bridgehead atoms. The number of hydrogen-bond donors (Lipinski definition) is 1. The first-order valence-electron chi connectivity index (χ1n) is 8.27. The van der Waals surface area contributed by atoms with Crippen LogP contribution in [0.2, 0.25) is 0 Å². The highest BCUT2D eigenvalue weighted by atomic mass is 79.9. The van der Waals surface area contributed by atoms with Gasteiger partial charge < -0.3 is 4.74 Å². The van der Waals surface area contributed by atoms with E-state index in [0.717, 1.165) is 39.3 Å². The van der Waals surface area contributed by atoms with Crippen LogP contribution in [0.15, 0.2) is 59.1 Å². The Morgan fingerprint density at radius 1 is 1.16 bits per heavy atom. The largest absolute Gasteiger partial charge is 0.444 e. The zero-order valence-corrected chi connectivity index (χ0v) is 15.1. The molecule has 2 aromatic carbocycles. The second-order valence-electron chi connectivity index (χ2n) is 6.22. The summed E-state index contributed by atoms with van der Waals surface area (Å²) in [5.74, 6) is 1.08. The molecule has 5 heteroatoms. The van der Waals surface area contributed by atoms with Crippen LogP contribution in [-0.2, 0) is 11.3 Å². The van der Waals surface area contributed by atoms with Crippen molar-refractivity contribution in [2.75, 3.05) is 5.32 Å². The smallest absolute Gasteiger partial charge is 0.413 e. The number of ether oxygens (including phenoxy) is 1. The van der Waals surface area contributed by atoms with E-state index in [4.69, 9.17) is 4.74 Å². The van der Waals surface area contributed by atoms with Crippen molar-refractivity contribution in [3.8, 4) is 0 Å². The lowest BCUT2D eigenvalue weighted by Crippen LogP contribution is -2.16. The Hall–Kier alpha value is -2.40. The van der Waals surface area contributed by atoms with E-state index in [2.05, 4.69) is 32.3 Å². The topological polar surface area (TPSA) is 51.2 Å². The molecule has 0 aliphatic heterocycles. The summed E-state index contributed by atoms with van der Waals surface area (Å²) in [7, 11) is 0. The number of halogens is 1. The van der Waals surface area contributed by atoms with Gasteiger partial charge in [-0.15, -0.1) is 0 Å². The Morgan fingerprint density at radius 2 is 1.96 bits per heavy atom. The molecular formula is C20H17BrN2O2. The highest BCUT2D eigenvalue weighted by Gasteiger charge is 2.28. The van der Waals surface area contributed by atoms with Crippen molar-refractivity contribution >= 4 is 38.7 Å². The lowest BCUT2D eigenvalue weighted by molar-refractivity contribution is 0.155. The average molecular weight is 397 g/mol. The summed E-state index contributed by atoms with van der Waals surface area (Å²) in [6.45, 7) is 0.242. The Bertz CT molecular complexity index is 924. The van der Waals surface area contributed by atoms with Crippen LogP contribution >= 0.6 is 15.9 Å². The minimum atomic E-state index is -0.477. The summed E-state index contributed by atoms with van der Waals surface area (Å²) < 4.78 is 6.34. The number of amides is 1. The molecule has 0 spiro atoms. The van der Waals surface area contributed by atoms with E-state index in [-0.39, 0.29) is 6.61 Å². The molecule has 4 nitrogen and oxygen atoms in total. The van der Waals surface area contributed by atoms with Gasteiger partial charge >= 0.3 is 6.09 Å². The number of nitrogens with zero attached hydrogens (tertiary/aromatic N) is 1. The maximum Gasteiger partial charge on any atom is 0.413 e. The number of carbonyl (C=O) groups is 1. The zero-order chi connectivity index (χ0) is 17.2. The van der Waals surface area contributed by atoms with Gasteiger partial charge in [0.25, 0.3) is 0 Å². The molecule has 0 saturated heterocycles. The molecule has 1 fully saturated rings. The third-order valence-electron chi connectivity index (χ3n) is 4.26. The molecule has 0 radical (unpaired) electrons. The molecule has 1 aliphatic carbocycles. The number of fused-ring (bicyclic) bond motifs is 1. The van der Waals surface area contributed by atoms with Crippen molar-refractivity contribution in [3.63, 3.8) is 0 Å². The molecule has 1 saturated carbocycles. The van der Waals surface area contributed by atoms with E-state index >= 15 is 0 Å². The standard InChI is InChI=1S/C20H17BrN2O2/c21-16-8-9-18-15(10-16)11-17(14-6-7-14)19(22-18)23-20(24)25-12-13-4-2-1-3-5-13/h1-5,8-11,14H,6-7,12H2,(H,22,23,24). The summed E-state index contributed by atoms with van der Waals surface area (Å²) in [4.78, 5) is 16.8. The van der Waals surface area contributed by atoms with E-state index in [1.165, 1.54) is 0 Å².